The number of amidine groups is 1. The molecule has 0 aromatic rings. The van der Waals surface area contributed by atoms with E-state index in [9.17, 15) is 0 Å². The highest BCUT2D eigenvalue weighted by Gasteiger charge is 2.19. The average molecular weight is 198 g/mol. The van der Waals surface area contributed by atoms with Crippen LogP contribution in [0.4, 0.5) is 0 Å². The van der Waals surface area contributed by atoms with E-state index < -0.39 is 0 Å². The summed E-state index contributed by atoms with van der Waals surface area (Å²) >= 11 is 1.50. The molecule has 1 atom stereocenters. The predicted molar refractivity (Wildman–Crippen MR) is 55.3 cm³/mol. The van der Waals surface area contributed by atoms with E-state index in [0.29, 0.717) is 0 Å². The lowest BCUT2D eigenvalue weighted by Gasteiger charge is -2.31. The van der Waals surface area contributed by atoms with E-state index in [-0.39, 0.29) is 6.04 Å². The predicted octanol–water partition coefficient (Wildman–Crippen LogP) is 0.610. The van der Waals surface area contributed by atoms with Gasteiger partial charge in [-0.15, -0.1) is 4.99 Å². The summed E-state index contributed by atoms with van der Waals surface area (Å²) in [7, 11) is 0. The maximum atomic E-state index is 8.46. The van der Waals surface area contributed by atoms with Gasteiger partial charge in [0.05, 0.1) is 0 Å². The van der Waals surface area contributed by atoms with Crippen molar-refractivity contribution in [1.82, 2.24) is 4.90 Å². The SMILES string of the molecule is CSC(=NC#N)N1CCCC(N)C1. The summed E-state index contributed by atoms with van der Waals surface area (Å²) in [4.78, 5) is 5.84. The van der Waals surface area contributed by atoms with Crippen molar-refractivity contribution in [3.05, 3.63) is 0 Å². The fourth-order valence-corrected chi connectivity index (χ4v) is 2.03. The Balaban J connectivity index is 2.59. The molecule has 1 heterocycles. The molecule has 0 aromatic carbocycles. The highest BCUT2D eigenvalue weighted by atomic mass is 32.2. The Morgan fingerprint density at radius 1 is 1.77 bits per heavy atom. The van der Waals surface area contributed by atoms with Crippen molar-refractivity contribution in [1.29, 1.82) is 5.26 Å². The van der Waals surface area contributed by atoms with Gasteiger partial charge in [-0.25, -0.2) is 0 Å². The number of nitriles is 1. The lowest BCUT2D eigenvalue weighted by atomic mass is 10.1. The smallest absolute Gasteiger partial charge is 0.208 e. The molecule has 1 rings (SSSR count). The minimum Gasteiger partial charge on any atom is -0.349 e. The van der Waals surface area contributed by atoms with Crippen LogP contribution < -0.4 is 5.73 Å². The molecular weight excluding hydrogens is 184 g/mol. The summed E-state index contributed by atoms with van der Waals surface area (Å²) in [6, 6.07) is 0.227. The standard InChI is InChI=1S/C8H14N4S/c1-13-8(11-6-9)12-4-2-3-7(10)5-12/h7H,2-5,10H2,1H3. The minimum atomic E-state index is 0.227. The van der Waals surface area contributed by atoms with E-state index >= 15 is 0 Å². The molecule has 1 unspecified atom stereocenters. The zero-order chi connectivity index (χ0) is 9.68. The van der Waals surface area contributed by atoms with Crippen molar-refractivity contribution < 1.29 is 0 Å². The van der Waals surface area contributed by atoms with Crippen LogP contribution >= 0.6 is 11.8 Å². The van der Waals surface area contributed by atoms with E-state index in [1.165, 1.54) is 11.8 Å². The highest BCUT2D eigenvalue weighted by molar-refractivity contribution is 8.13. The zero-order valence-electron chi connectivity index (χ0n) is 7.73. The van der Waals surface area contributed by atoms with Gasteiger partial charge in [0.1, 0.15) is 0 Å². The molecule has 1 aliphatic heterocycles. The van der Waals surface area contributed by atoms with E-state index in [2.05, 4.69) is 9.89 Å². The topological polar surface area (TPSA) is 65.4 Å². The molecule has 0 saturated carbocycles. The van der Waals surface area contributed by atoms with Gasteiger partial charge >= 0.3 is 0 Å². The molecule has 5 heteroatoms. The molecule has 1 fully saturated rings. The maximum Gasteiger partial charge on any atom is 0.208 e. The molecule has 0 amide bonds. The second-order valence-corrected chi connectivity index (χ2v) is 3.82. The van der Waals surface area contributed by atoms with E-state index in [0.717, 1.165) is 31.1 Å². The minimum absolute atomic E-state index is 0.227. The zero-order valence-corrected chi connectivity index (χ0v) is 8.55. The van der Waals surface area contributed by atoms with Gasteiger partial charge in [0.15, 0.2) is 5.17 Å². The number of rotatable bonds is 0. The highest BCUT2D eigenvalue weighted by Crippen LogP contribution is 2.13. The lowest BCUT2D eigenvalue weighted by molar-refractivity contribution is 0.314. The third kappa shape index (κ3) is 2.90. The lowest BCUT2D eigenvalue weighted by Crippen LogP contribution is -2.44. The van der Waals surface area contributed by atoms with Crippen molar-refractivity contribution in [3.63, 3.8) is 0 Å². The molecule has 13 heavy (non-hydrogen) atoms. The first-order valence-electron chi connectivity index (χ1n) is 4.29. The van der Waals surface area contributed by atoms with Crippen LogP contribution in [0.1, 0.15) is 12.8 Å². The molecule has 0 aromatic heterocycles. The van der Waals surface area contributed by atoms with Crippen LogP contribution in [0.15, 0.2) is 4.99 Å². The average Bonchev–Trinajstić information content (AvgIpc) is 2.14. The molecule has 1 aliphatic rings. The number of piperidine rings is 1. The molecule has 1 saturated heterocycles. The Labute approximate surface area is 82.8 Å². The molecule has 2 N–H and O–H groups in total. The van der Waals surface area contributed by atoms with Crippen LogP contribution in [0.25, 0.3) is 0 Å². The summed E-state index contributed by atoms with van der Waals surface area (Å²) in [5.74, 6) is 0. The van der Waals surface area contributed by atoms with Gasteiger partial charge in [0, 0.05) is 19.1 Å². The van der Waals surface area contributed by atoms with Crippen LogP contribution in [0.3, 0.4) is 0 Å². The first kappa shape index (κ1) is 10.4. The van der Waals surface area contributed by atoms with Gasteiger partial charge in [-0.2, -0.15) is 5.26 Å². The van der Waals surface area contributed by atoms with E-state index in [4.69, 9.17) is 11.0 Å². The first-order valence-corrected chi connectivity index (χ1v) is 5.51. The van der Waals surface area contributed by atoms with Crippen LogP contribution in [0.5, 0.6) is 0 Å². The Kier molecular flexibility index (Phi) is 4.06. The van der Waals surface area contributed by atoms with E-state index in [1.807, 2.05) is 12.4 Å². The van der Waals surface area contributed by atoms with E-state index in [1.54, 1.807) is 0 Å². The van der Waals surface area contributed by atoms with Gasteiger partial charge in [-0.3, -0.25) is 0 Å². The second kappa shape index (κ2) is 5.10. The van der Waals surface area contributed by atoms with Gasteiger partial charge in [-0.1, -0.05) is 11.8 Å². The third-order valence-electron chi connectivity index (χ3n) is 2.06. The molecule has 4 nitrogen and oxygen atoms in total. The summed E-state index contributed by atoms with van der Waals surface area (Å²) in [6.45, 7) is 1.79. The Hall–Kier alpha value is -0.730. The van der Waals surface area contributed by atoms with Crippen LogP contribution in [0, 0.1) is 11.5 Å². The van der Waals surface area contributed by atoms with Crippen molar-refractivity contribution in [2.45, 2.75) is 18.9 Å². The number of hydrogen-bond donors (Lipinski definition) is 1. The number of nitrogens with zero attached hydrogens (tertiary/aromatic N) is 3. The van der Waals surface area contributed by atoms with Crippen LogP contribution in [0.2, 0.25) is 0 Å². The van der Waals surface area contributed by atoms with Crippen LogP contribution in [-0.4, -0.2) is 35.5 Å². The van der Waals surface area contributed by atoms with Gasteiger partial charge < -0.3 is 10.6 Å². The second-order valence-electron chi connectivity index (χ2n) is 3.05. The third-order valence-corrected chi connectivity index (χ3v) is 2.77. The number of thioether (sulfide) groups is 1. The number of aliphatic imine (C=N–C) groups is 1. The van der Waals surface area contributed by atoms with Gasteiger partial charge in [0.2, 0.25) is 6.19 Å². The fraction of sp³-hybridized carbons (Fsp3) is 0.750. The molecule has 0 spiro atoms. The van der Waals surface area contributed by atoms with Crippen LogP contribution in [-0.2, 0) is 0 Å². The Bertz CT molecular complexity index is 233. The molecule has 0 aliphatic carbocycles. The number of hydrogen-bond acceptors (Lipinski definition) is 4. The number of likely N-dealkylation sites (tertiary alicyclic amines) is 1. The van der Waals surface area contributed by atoms with Gasteiger partial charge in [0.25, 0.3) is 0 Å². The van der Waals surface area contributed by atoms with Crippen molar-refractivity contribution >= 4 is 16.9 Å². The number of nitrogens with two attached hydrogens (primary N) is 1. The van der Waals surface area contributed by atoms with Crippen molar-refractivity contribution in [2.24, 2.45) is 10.7 Å². The normalized spacial score (nSPS) is 24.2. The summed E-state index contributed by atoms with van der Waals surface area (Å²) in [6.07, 6.45) is 5.91. The summed E-state index contributed by atoms with van der Waals surface area (Å²) in [5.41, 5.74) is 5.82. The monoisotopic (exact) mass is 198 g/mol. The molecule has 0 radical (unpaired) electrons. The van der Waals surface area contributed by atoms with Gasteiger partial charge in [-0.05, 0) is 19.1 Å². The largest absolute Gasteiger partial charge is 0.349 e. The van der Waals surface area contributed by atoms with Crippen molar-refractivity contribution in [2.75, 3.05) is 19.3 Å². The molecular formula is C8H14N4S. The Morgan fingerprint density at radius 2 is 2.54 bits per heavy atom. The quantitative estimate of drug-likeness (QED) is 0.352. The molecule has 72 valence electrons. The molecule has 0 bridgehead atoms. The fourth-order valence-electron chi connectivity index (χ4n) is 1.47. The Morgan fingerprint density at radius 3 is 3.08 bits per heavy atom. The summed E-state index contributed by atoms with van der Waals surface area (Å²) < 4.78 is 0. The van der Waals surface area contributed by atoms with Crippen molar-refractivity contribution in [3.8, 4) is 6.19 Å². The maximum absolute atomic E-state index is 8.46. The first-order chi connectivity index (χ1) is 6.27. The summed E-state index contributed by atoms with van der Waals surface area (Å²) in [5, 5.41) is 9.25.